The zero-order valence-electron chi connectivity index (χ0n) is 16.4. The third-order valence-electron chi connectivity index (χ3n) is 4.09. The molecule has 0 atom stereocenters. The molecule has 0 saturated heterocycles. The Morgan fingerprint density at radius 3 is 2.52 bits per heavy atom. The van der Waals surface area contributed by atoms with Crippen LogP contribution in [-0.2, 0) is 4.79 Å². The lowest BCUT2D eigenvalue weighted by Gasteiger charge is -2.14. The van der Waals surface area contributed by atoms with Gasteiger partial charge in [-0.2, -0.15) is 0 Å². The molecule has 2 aromatic carbocycles. The molecule has 6 heteroatoms. The van der Waals surface area contributed by atoms with Crippen molar-refractivity contribution in [1.29, 1.82) is 0 Å². The maximum Gasteiger partial charge on any atom is 0.264 e. The molecule has 0 saturated carbocycles. The minimum atomic E-state index is -0.329. The van der Waals surface area contributed by atoms with Gasteiger partial charge in [0.05, 0.1) is 12.8 Å². The fourth-order valence-corrected chi connectivity index (χ4v) is 2.99. The van der Waals surface area contributed by atoms with E-state index in [-0.39, 0.29) is 17.6 Å². The second-order valence-electron chi connectivity index (χ2n) is 6.67. The Balaban J connectivity index is 1.89. The van der Waals surface area contributed by atoms with Gasteiger partial charge in [0.1, 0.15) is 11.5 Å². The molecule has 27 heavy (non-hydrogen) atoms. The number of hydrogen-bond acceptors (Lipinski definition) is 4. The molecule has 1 amide bonds. The van der Waals surface area contributed by atoms with Gasteiger partial charge < -0.3 is 14.8 Å². The Hall–Kier alpha value is -2.60. The van der Waals surface area contributed by atoms with Crippen molar-refractivity contribution < 1.29 is 14.3 Å². The minimum Gasteiger partial charge on any atom is -0.495 e. The zero-order chi connectivity index (χ0) is 20.0. The molecule has 144 valence electrons. The molecule has 2 N–H and O–H groups in total. The third-order valence-corrected chi connectivity index (χ3v) is 4.29. The number of aryl methyl sites for hydroxylation is 2. The summed E-state index contributed by atoms with van der Waals surface area (Å²) in [7, 11) is 1.58. The zero-order valence-corrected chi connectivity index (χ0v) is 17.2. The maximum atomic E-state index is 12.1. The summed E-state index contributed by atoms with van der Waals surface area (Å²) < 4.78 is 10.9. The van der Waals surface area contributed by atoms with E-state index in [1.54, 1.807) is 7.11 Å². The molecular weight excluding hydrogens is 360 g/mol. The number of thiocarbonyl (C=S) groups is 1. The summed E-state index contributed by atoms with van der Waals surface area (Å²) in [4.78, 5) is 12.1. The second kappa shape index (κ2) is 9.37. The van der Waals surface area contributed by atoms with Crippen LogP contribution in [0.5, 0.6) is 11.5 Å². The van der Waals surface area contributed by atoms with Gasteiger partial charge in [0.2, 0.25) is 0 Å². The molecule has 0 radical (unpaired) electrons. The molecule has 0 aliphatic rings. The van der Waals surface area contributed by atoms with E-state index in [1.165, 1.54) is 5.56 Å². The van der Waals surface area contributed by atoms with Gasteiger partial charge in [-0.1, -0.05) is 26.0 Å². The van der Waals surface area contributed by atoms with Crippen molar-refractivity contribution in [3.8, 4) is 11.5 Å². The van der Waals surface area contributed by atoms with Crippen molar-refractivity contribution in [2.45, 2.75) is 33.6 Å². The van der Waals surface area contributed by atoms with Gasteiger partial charge in [0, 0.05) is 0 Å². The van der Waals surface area contributed by atoms with E-state index in [0.29, 0.717) is 23.1 Å². The lowest BCUT2D eigenvalue weighted by molar-refractivity contribution is -0.121. The Morgan fingerprint density at radius 2 is 1.89 bits per heavy atom. The van der Waals surface area contributed by atoms with Gasteiger partial charge in [-0.05, 0) is 72.9 Å². The first-order valence-corrected chi connectivity index (χ1v) is 9.19. The molecule has 2 rings (SSSR count). The summed E-state index contributed by atoms with van der Waals surface area (Å²) in [5, 5.41) is 5.79. The smallest absolute Gasteiger partial charge is 0.264 e. The van der Waals surface area contributed by atoms with Crippen molar-refractivity contribution in [3.63, 3.8) is 0 Å². The number of benzene rings is 2. The van der Waals surface area contributed by atoms with E-state index < -0.39 is 0 Å². The lowest BCUT2D eigenvalue weighted by Crippen LogP contribution is -2.37. The standard InChI is InChI=1S/C21H26N2O3S/c1-13(2)17-8-7-16(11-15(17)4)26-12-20(24)23-21(27)22-18-10-14(3)6-9-19(18)25-5/h6-11,13H,12H2,1-5H3,(H2,22,23,24,27). The first-order chi connectivity index (χ1) is 12.8. The van der Waals surface area contributed by atoms with Crippen LogP contribution < -0.4 is 20.1 Å². The number of hydrogen-bond donors (Lipinski definition) is 2. The largest absolute Gasteiger partial charge is 0.495 e. The predicted molar refractivity (Wildman–Crippen MR) is 113 cm³/mol. The van der Waals surface area contributed by atoms with Gasteiger partial charge in [-0.25, -0.2) is 0 Å². The van der Waals surface area contributed by atoms with Crippen LogP contribution in [0.25, 0.3) is 0 Å². The highest BCUT2D eigenvalue weighted by Gasteiger charge is 2.10. The summed E-state index contributed by atoms with van der Waals surface area (Å²) in [5.74, 6) is 1.43. The number of carbonyl (C=O) groups excluding carboxylic acids is 1. The van der Waals surface area contributed by atoms with Crippen molar-refractivity contribution in [3.05, 3.63) is 53.1 Å². The number of ether oxygens (including phenoxy) is 2. The number of carbonyl (C=O) groups is 1. The number of anilines is 1. The van der Waals surface area contributed by atoms with Gasteiger partial charge in [0.25, 0.3) is 5.91 Å². The van der Waals surface area contributed by atoms with E-state index in [2.05, 4.69) is 24.5 Å². The Labute approximate surface area is 166 Å². The molecule has 5 nitrogen and oxygen atoms in total. The van der Waals surface area contributed by atoms with Gasteiger partial charge >= 0.3 is 0 Å². The summed E-state index contributed by atoms with van der Waals surface area (Å²) in [6, 6.07) is 11.5. The van der Waals surface area contributed by atoms with Crippen molar-refractivity contribution in [2.24, 2.45) is 0 Å². The van der Waals surface area contributed by atoms with E-state index in [9.17, 15) is 4.79 Å². The van der Waals surface area contributed by atoms with E-state index in [0.717, 1.165) is 11.1 Å². The van der Waals surface area contributed by atoms with Gasteiger partial charge in [0.15, 0.2) is 11.7 Å². The monoisotopic (exact) mass is 386 g/mol. The molecule has 0 bridgehead atoms. The fraction of sp³-hybridized carbons (Fsp3) is 0.333. The molecule has 2 aromatic rings. The van der Waals surface area contributed by atoms with Crippen LogP contribution in [0.2, 0.25) is 0 Å². The van der Waals surface area contributed by atoms with Crippen LogP contribution in [-0.4, -0.2) is 24.7 Å². The number of methoxy groups -OCH3 is 1. The van der Waals surface area contributed by atoms with Crippen LogP contribution in [0.1, 0.15) is 36.5 Å². The van der Waals surface area contributed by atoms with Gasteiger partial charge in [-0.3, -0.25) is 10.1 Å². The average Bonchev–Trinajstić information content (AvgIpc) is 2.59. The molecule has 0 aromatic heterocycles. The topological polar surface area (TPSA) is 59.6 Å². The van der Waals surface area contributed by atoms with Crippen LogP contribution >= 0.6 is 12.2 Å². The first kappa shape index (κ1) is 20.7. The maximum absolute atomic E-state index is 12.1. The number of nitrogens with one attached hydrogen (secondary N) is 2. The minimum absolute atomic E-state index is 0.118. The second-order valence-corrected chi connectivity index (χ2v) is 7.08. The van der Waals surface area contributed by atoms with E-state index in [4.69, 9.17) is 21.7 Å². The van der Waals surface area contributed by atoms with Crippen LogP contribution in [0.4, 0.5) is 5.69 Å². The van der Waals surface area contributed by atoms with Crippen molar-refractivity contribution in [1.82, 2.24) is 5.32 Å². The first-order valence-electron chi connectivity index (χ1n) is 8.79. The SMILES string of the molecule is COc1ccc(C)cc1NC(=S)NC(=O)COc1ccc(C(C)C)c(C)c1. The fourth-order valence-electron chi connectivity index (χ4n) is 2.77. The van der Waals surface area contributed by atoms with Crippen LogP contribution in [0.3, 0.4) is 0 Å². The van der Waals surface area contributed by atoms with Crippen molar-refractivity contribution >= 4 is 28.9 Å². The van der Waals surface area contributed by atoms with Crippen LogP contribution in [0.15, 0.2) is 36.4 Å². The molecule has 0 unspecified atom stereocenters. The molecule has 0 fully saturated rings. The molecule has 0 aliphatic heterocycles. The molecular formula is C21H26N2O3S. The molecule has 0 aliphatic carbocycles. The third kappa shape index (κ3) is 5.96. The van der Waals surface area contributed by atoms with E-state index in [1.807, 2.05) is 50.2 Å². The summed E-state index contributed by atoms with van der Waals surface area (Å²) in [6.45, 7) is 8.18. The predicted octanol–water partition coefficient (Wildman–Crippen LogP) is 4.33. The highest BCUT2D eigenvalue weighted by Crippen LogP contribution is 2.25. The Morgan fingerprint density at radius 1 is 1.15 bits per heavy atom. The summed E-state index contributed by atoms with van der Waals surface area (Å²) >= 11 is 5.21. The molecule has 0 spiro atoms. The average molecular weight is 387 g/mol. The summed E-state index contributed by atoms with van der Waals surface area (Å²) in [5.41, 5.74) is 4.16. The quantitative estimate of drug-likeness (QED) is 0.724. The lowest BCUT2D eigenvalue weighted by atomic mass is 9.98. The van der Waals surface area contributed by atoms with E-state index >= 15 is 0 Å². The Kier molecular flexibility index (Phi) is 7.19. The summed E-state index contributed by atoms with van der Waals surface area (Å²) in [6.07, 6.45) is 0. The molecule has 0 heterocycles. The normalized spacial score (nSPS) is 10.4. The van der Waals surface area contributed by atoms with Gasteiger partial charge in [-0.15, -0.1) is 0 Å². The Bertz CT molecular complexity index is 834. The highest BCUT2D eigenvalue weighted by atomic mass is 32.1. The van der Waals surface area contributed by atoms with Crippen LogP contribution in [0, 0.1) is 13.8 Å². The highest BCUT2D eigenvalue weighted by molar-refractivity contribution is 7.80. The number of rotatable bonds is 6. The van der Waals surface area contributed by atoms with Crippen molar-refractivity contribution in [2.75, 3.05) is 19.0 Å². The number of amides is 1.